The molecule has 5 heteroatoms. The fourth-order valence-corrected chi connectivity index (χ4v) is 3.81. The van der Waals surface area contributed by atoms with Gasteiger partial charge < -0.3 is 4.74 Å². The summed E-state index contributed by atoms with van der Waals surface area (Å²) in [7, 11) is 0. The standard InChI is InChI=1S/C25H24N2O3/c28-23(18-30-22-15-8-7-14-21(22)19-10-3-1-4-11-19)26-27-24(29)25(16-9-17-25)20-12-5-2-6-13-20/h1-8,10-15H,9,16-18H2,(H,26,28)(H,27,29). The molecule has 0 aliphatic heterocycles. The molecule has 1 fully saturated rings. The maximum absolute atomic E-state index is 12.8. The number of hydrogen-bond acceptors (Lipinski definition) is 3. The second kappa shape index (κ2) is 8.82. The van der Waals surface area contributed by atoms with Crippen molar-refractivity contribution in [1.82, 2.24) is 10.9 Å². The van der Waals surface area contributed by atoms with Crippen molar-refractivity contribution < 1.29 is 14.3 Å². The molecule has 30 heavy (non-hydrogen) atoms. The van der Waals surface area contributed by atoms with Crippen LogP contribution in [0.15, 0.2) is 84.9 Å². The summed E-state index contributed by atoms with van der Waals surface area (Å²) in [4.78, 5) is 25.1. The first kappa shape index (κ1) is 19.7. The van der Waals surface area contributed by atoms with Crippen LogP contribution < -0.4 is 15.6 Å². The van der Waals surface area contributed by atoms with Gasteiger partial charge in [0.1, 0.15) is 5.75 Å². The number of hydrazine groups is 1. The smallest absolute Gasteiger partial charge is 0.276 e. The predicted octanol–water partition coefficient (Wildman–Crippen LogP) is 4.00. The van der Waals surface area contributed by atoms with Crippen molar-refractivity contribution in [2.45, 2.75) is 24.7 Å². The molecule has 0 unspecified atom stereocenters. The summed E-state index contributed by atoms with van der Waals surface area (Å²) in [5, 5.41) is 0. The van der Waals surface area contributed by atoms with Gasteiger partial charge in [-0.25, -0.2) is 0 Å². The van der Waals surface area contributed by atoms with E-state index in [1.165, 1.54) is 0 Å². The van der Waals surface area contributed by atoms with Gasteiger partial charge in [0.05, 0.1) is 5.41 Å². The van der Waals surface area contributed by atoms with E-state index >= 15 is 0 Å². The van der Waals surface area contributed by atoms with Crippen LogP contribution in [0, 0.1) is 0 Å². The molecule has 3 aromatic carbocycles. The maximum atomic E-state index is 12.8. The molecule has 2 amide bonds. The quantitative estimate of drug-likeness (QED) is 0.615. The molecule has 5 nitrogen and oxygen atoms in total. The molecule has 0 atom stereocenters. The topological polar surface area (TPSA) is 67.4 Å². The average Bonchev–Trinajstić information content (AvgIpc) is 2.77. The summed E-state index contributed by atoms with van der Waals surface area (Å²) in [5.41, 5.74) is 7.42. The van der Waals surface area contributed by atoms with Crippen LogP contribution in [-0.2, 0) is 15.0 Å². The predicted molar refractivity (Wildman–Crippen MR) is 116 cm³/mol. The fourth-order valence-electron chi connectivity index (χ4n) is 3.81. The van der Waals surface area contributed by atoms with Gasteiger partial charge in [-0.1, -0.05) is 85.3 Å². The molecule has 152 valence electrons. The Morgan fingerprint density at radius 1 is 0.800 bits per heavy atom. The lowest BCUT2D eigenvalue weighted by molar-refractivity contribution is -0.135. The summed E-state index contributed by atoms with van der Waals surface area (Å²) in [6.07, 6.45) is 2.55. The van der Waals surface area contributed by atoms with Crippen LogP contribution in [0.3, 0.4) is 0 Å². The zero-order chi connectivity index (χ0) is 20.8. The van der Waals surface area contributed by atoms with E-state index in [0.717, 1.165) is 36.0 Å². The molecule has 0 saturated heterocycles. The van der Waals surface area contributed by atoms with Gasteiger partial charge in [0, 0.05) is 5.56 Å². The first-order valence-electron chi connectivity index (χ1n) is 10.1. The van der Waals surface area contributed by atoms with Crippen molar-refractivity contribution in [2.75, 3.05) is 6.61 Å². The number of para-hydroxylation sites is 1. The van der Waals surface area contributed by atoms with Gasteiger partial charge in [0.2, 0.25) is 5.91 Å². The molecule has 4 rings (SSSR count). The van der Waals surface area contributed by atoms with Gasteiger partial charge in [-0.15, -0.1) is 0 Å². The SMILES string of the molecule is O=C(COc1ccccc1-c1ccccc1)NNC(=O)C1(c2ccccc2)CCC1. The van der Waals surface area contributed by atoms with Gasteiger partial charge in [-0.2, -0.15) is 0 Å². The fraction of sp³-hybridized carbons (Fsp3) is 0.200. The number of carbonyl (C=O) groups is 2. The Morgan fingerprint density at radius 3 is 2.10 bits per heavy atom. The van der Waals surface area contributed by atoms with Crippen LogP contribution in [0.4, 0.5) is 0 Å². The average molecular weight is 400 g/mol. The lowest BCUT2D eigenvalue weighted by atomic mass is 9.64. The molecule has 1 aliphatic rings. The third-order valence-electron chi connectivity index (χ3n) is 5.61. The van der Waals surface area contributed by atoms with Crippen molar-refractivity contribution in [1.29, 1.82) is 0 Å². The number of amides is 2. The number of benzene rings is 3. The van der Waals surface area contributed by atoms with Crippen LogP contribution in [0.25, 0.3) is 11.1 Å². The van der Waals surface area contributed by atoms with E-state index in [2.05, 4.69) is 10.9 Å². The molecular weight excluding hydrogens is 376 g/mol. The number of nitrogens with one attached hydrogen (secondary N) is 2. The molecule has 3 aromatic rings. The van der Waals surface area contributed by atoms with Crippen molar-refractivity contribution >= 4 is 11.8 Å². The Bertz CT molecular complexity index is 1010. The Hall–Kier alpha value is -3.60. The van der Waals surface area contributed by atoms with Crippen LogP contribution in [0.5, 0.6) is 5.75 Å². The van der Waals surface area contributed by atoms with Crippen LogP contribution in [0.2, 0.25) is 0 Å². The highest BCUT2D eigenvalue weighted by atomic mass is 16.5. The van der Waals surface area contributed by atoms with E-state index in [0.29, 0.717) is 5.75 Å². The van der Waals surface area contributed by atoms with E-state index in [4.69, 9.17) is 4.74 Å². The second-order valence-electron chi connectivity index (χ2n) is 7.45. The normalized spacial score (nSPS) is 14.3. The molecule has 1 aliphatic carbocycles. The summed E-state index contributed by atoms with van der Waals surface area (Å²) in [5.74, 6) is 0.0247. The molecule has 0 radical (unpaired) electrons. The number of rotatable bonds is 6. The zero-order valence-corrected chi connectivity index (χ0v) is 16.6. The van der Waals surface area contributed by atoms with Gasteiger partial charge in [-0.05, 0) is 30.0 Å². The van der Waals surface area contributed by atoms with E-state index in [-0.39, 0.29) is 12.5 Å². The lowest BCUT2D eigenvalue weighted by Gasteiger charge is -2.40. The molecule has 1 saturated carbocycles. The number of ether oxygens (including phenoxy) is 1. The summed E-state index contributed by atoms with van der Waals surface area (Å²) in [6.45, 7) is -0.192. The van der Waals surface area contributed by atoms with Crippen LogP contribution >= 0.6 is 0 Å². The van der Waals surface area contributed by atoms with Gasteiger partial charge in [0.25, 0.3) is 5.91 Å². The van der Waals surface area contributed by atoms with E-state index in [9.17, 15) is 9.59 Å². The Labute approximate surface area is 176 Å². The molecule has 0 heterocycles. The zero-order valence-electron chi connectivity index (χ0n) is 16.6. The van der Waals surface area contributed by atoms with Crippen molar-refractivity contribution in [3.8, 4) is 16.9 Å². The Morgan fingerprint density at radius 2 is 1.43 bits per heavy atom. The minimum absolute atomic E-state index is 0.182. The third-order valence-corrected chi connectivity index (χ3v) is 5.61. The van der Waals surface area contributed by atoms with Crippen LogP contribution in [-0.4, -0.2) is 18.4 Å². The van der Waals surface area contributed by atoms with E-state index < -0.39 is 11.3 Å². The van der Waals surface area contributed by atoms with Gasteiger partial charge in [0.15, 0.2) is 6.61 Å². The summed E-state index contributed by atoms with van der Waals surface area (Å²) < 4.78 is 5.73. The lowest BCUT2D eigenvalue weighted by Crippen LogP contribution is -2.55. The third kappa shape index (κ3) is 4.06. The first-order chi connectivity index (χ1) is 14.7. The molecule has 0 spiro atoms. The summed E-state index contributed by atoms with van der Waals surface area (Å²) >= 11 is 0. The molecule has 0 aromatic heterocycles. The van der Waals surface area contributed by atoms with Crippen LogP contribution in [0.1, 0.15) is 24.8 Å². The monoisotopic (exact) mass is 400 g/mol. The van der Waals surface area contributed by atoms with Crippen molar-refractivity contribution in [3.63, 3.8) is 0 Å². The first-order valence-corrected chi connectivity index (χ1v) is 10.1. The Balaban J connectivity index is 1.35. The Kier molecular flexibility index (Phi) is 5.80. The molecule has 2 N–H and O–H groups in total. The highest BCUT2D eigenvalue weighted by molar-refractivity contribution is 5.91. The highest BCUT2D eigenvalue weighted by Gasteiger charge is 2.45. The number of hydrogen-bond donors (Lipinski definition) is 2. The van der Waals surface area contributed by atoms with Gasteiger partial charge in [-0.3, -0.25) is 20.4 Å². The minimum atomic E-state index is -0.560. The van der Waals surface area contributed by atoms with Gasteiger partial charge >= 0.3 is 0 Å². The van der Waals surface area contributed by atoms with Crippen molar-refractivity contribution in [2.24, 2.45) is 0 Å². The molecule has 0 bridgehead atoms. The number of carbonyl (C=O) groups excluding carboxylic acids is 2. The van der Waals surface area contributed by atoms with E-state index in [1.54, 1.807) is 0 Å². The highest BCUT2D eigenvalue weighted by Crippen LogP contribution is 2.43. The van der Waals surface area contributed by atoms with E-state index in [1.807, 2.05) is 84.9 Å². The minimum Gasteiger partial charge on any atom is -0.483 e. The molecular formula is C25H24N2O3. The largest absolute Gasteiger partial charge is 0.483 e. The maximum Gasteiger partial charge on any atom is 0.276 e. The van der Waals surface area contributed by atoms with Crippen molar-refractivity contribution in [3.05, 3.63) is 90.5 Å². The summed E-state index contributed by atoms with van der Waals surface area (Å²) in [6, 6.07) is 27.1. The second-order valence-corrected chi connectivity index (χ2v) is 7.45.